The van der Waals surface area contributed by atoms with Crippen LogP contribution in [0.5, 0.6) is 0 Å². The van der Waals surface area contributed by atoms with E-state index in [9.17, 15) is 4.79 Å². The standard InChI is InChI=1S/C21H24N4O/c1-15-9-10-19-17(12-15)13-23-20-18(14-24-25(19)20)21(26)22-11-5-8-16-6-3-2-4-7-16/h2-4,6-7,13-15H,5,8-12H2,1H3,(H,22,26). The first kappa shape index (κ1) is 16.8. The molecule has 1 aliphatic carbocycles. The average molecular weight is 348 g/mol. The van der Waals surface area contributed by atoms with Gasteiger partial charge in [-0.15, -0.1) is 0 Å². The van der Waals surface area contributed by atoms with Gasteiger partial charge in [-0.3, -0.25) is 4.79 Å². The second kappa shape index (κ2) is 7.28. The molecule has 0 radical (unpaired) electrons. The molecule has 0 bridgehead atoms. The monoisotopic (exact) mass is 348 g/mol. The van der Waals surface area contributed by atoms with Crippen LogP contribution in [0.15, 0.2) is 42.7 Å². The Kier molecular flexibility index (Phi) is 4.69. The minimum atomic E-state index is -0.0929. The highest BCUT2D eigenvalue weighted by atomic mass is 16.1. The summed E-state index contributed by atoms with van der Waals surface area (Å²) in [6.07, 6.45) is 8.64. The van der Waals surface area contributed by atoms with E-state index in [4.69, 9.17) is 0 Å². The summed E-state index contributed by atoms with van der Waals surface area (Å²) in [6, 6.07) is 10.3. The lowest BCUT2D eigenvalue weighted by Crippen LogP contribution is -2.25. The largest absolute Gasteiger partial charge is 0.352 e. The summed E-state index contributed by atoms with van der Waals surface area (Å²) in [5, 5.41) is 7.45. The molecule has 2 heterocycles. The highest BCUT2D eigenvalue weighted by Gasteiger charge is 2.21. The van der Waals surface area contributed by atoms with Gasteiger partial charge in [-0.05, 0) is 49.1 Å². The van der Waals surface area contributed by atoms with E-state index in [1.54, 1.807) is 6.20 Å². The number of aromatic nitrogens is 3. The van der Waals surface area contributed by atoms with E-state index in [1.807, 2.05) is 28.9 Å². The fourth-order valence-electron chi connectivity index (χ4n) is 3.71. The smallest absolute Gasteiger partial charge is 0.256 e. The molecular formula is C21H24N4O. The van der Waals surface area contributed by atoms with Crippen molar-refractivity contribution >= 4 is 11.6 Å². The zero-order chi connectivity index (χ0) is 17.9. The molecular weight excluding hydrogens is 324 g/mol. The van der Waals surface area contributed by atoms with E-state index in [0.29, 0.717) is 23.7 Å². The summed E-state index contributed by atoms with van der Waals surface area (Å²) >= 11 is 0. The van der Waals surface area contributed by atoms with Crippen LogP contribution in [0.1, 0.15) is 46.9 Å². The molecule has 1 amide bonds. The number of nitrogens with zero attached hydrogens (tertiary/aromatic N) is 3. The predicted molar refractivity (Wildman–Crippen MR) is 101 cm³/mol. The lowest BCUT2D eigenvalue weighted by atomic mass is 9.89. The van der Waals surface area contributed by atoms with Gasteiger partial charge in [-0.1, -0.05) is 37.3 Å². The first-order chi connectivity index (χ1) is 12.7. The molecule has 5 nitrogen and oxygen atoms in total. The van der Waals surface area contributed by atoms with Gasteiger partial charge in [0.1, 0.15) is 5.56 Å². The Bertz CT molecular complexity index is 916. The maximum absolute atomic E-state index is 12.5. The number of amides is 1. The minimum absolute atomic E-state index is 0.0929. The fourth-order valence-corrected chi connectivity index (χ4v) is 3.71. The van der Waals surface area contributed by atoms with E-state index < -0.39 is 0 Å². The summed E-state index contributed by atoms with van der Waals surface area (Å²) in [5.41, 5.74) is 4.98. The molecule has 1 N–H and O–H groups in total. The van der Waals surface area contributed by atoms with Crippen LogP contribution in [0.2, 0.25) is 0 Å². The fraction of sp³-hybridized carbons (Fsp3) is 0.381. The molecule has 5 heteroatoms. The van der Waals surface area contributed by atoms with Crippen LogP contribution in [0.3, 0.4) is 0 Å². The first-order valence-corrected chi connectivity index (χ1v) is 9.39. The van der Waals surface area contributed by atoms with Crippen molar-refractivity contribution in [3.8, 4) is 0 Å². The number of aryl methyl sites for hydroxylation is 2. The van der Waals surface area contributed by atoms with E-state index in [0.717, 1.165) is 32.1 Å². The molecule has 134 valence electrons. The summed E-state index contributed by atoms with van der Waals surface area (Å²) in [4.78, 5) is 17.1. The Morgan fingerprint density at radius 3 is 2.96 bits per heavy atom. The Hall–Kier alpha value is -2.69. The maximum Gasteiger partial charge on any atom is 0.256 e. The molecule has 26 heavy (non-hydrogen) atoms. The van der Waals surface area contributed by atoms with Crippen LogP contribution < -0.4 is 5.32 Å². The molecule has 0 spiro atoms. The van der Waals surface area contributed by atoms with Crippen molar-refractivity contribution in [2.24, 2.45) is 5.92 Å². The molecule has 0 saturated heterocycles. The number of hydrogen-bond donors (Lipinski definition) is 1. The van der Waals surface area contributed by atoms with E-state index >= 15 is 0 Å². The molecule has 0 aliphatic heterocycles. The Morgan fingerprint density at radius 1 is 1.27 bits per heavy atom. The third-order valence-corrected chi connectivity index (χ3v) is 5.17. The molecule has 1 aromatic carbocycles. The van der Waals surface area contributed by atoms with Crippen molar-refractivity contribution in [3.63, 3.8) is 0 Å². The van der Waals surface area contributed by atoms with Crippen LogP contribution >= 0.6 is 0 Å². The molecule has 2 aromatic heterocycles. The molecule has 0 saturated carbocycles. The number of carbonyl (C=O) groups is 1. The topological polar surface area (TPSA) is 59.3 Å². The maximum atomic E-state index is 12.5. The lowest BCUT2D eigenvalue weighted by Gasteiger charge is -2.21. The highest BCUT2D eigenvalue weighted by molar-refractivity contribution is 5.99. The molecule has 1 unspecified atom stereocenters. The van der Waals surface area contributed by atoms with Crippen molar-refractivity contribution in [3.05, 3.63) is 65.1 Å². The van der Waals surface area contributed by atoms with Gasteiger partial charge < -0.3 is 5.32 Å². The minimum Gasteiger partial charge on any atom is -0.352 e. The molecule has 3 aromatic rings. The van der Waals surface area contributed by atoms with E-state index in [1.165, 1.54) is 16.8 Å². The van der Waals surface area contributed by atoms with E-state index in [-0.39, 0.29) is 5.91 Å². The van der Waals surface area contributed by atoms with Gasteiger partial charge in [0.25, 0.3) is 5.91 Å². The Morgan fingerprint density at radius 2 is 2.12 bits per heavy atom. The van der Waals surface area contributed by atoms with Gasteiger partial charge in [-0.25, -0.2) is 9.50 Å². The number of hydrogen-bond acceptors (Lipinski definition) is 3. The summed E-state index contributed by atoms with van der Waals surface area (Å²) in [5.74, 6) is 0.592. The number of nitrogens with one attached hydrogen (secondary N) is 1. The van der Waals surface area contributed by atoms with Gasteiger partial charge in [0.2, 0.25) is 0 Å². The molecule has 4 rings (SSSR count). The van der Waals surface area contributed by atoms with Gasteiger partial charge in [0.05, 0.1) is 6.20 Å². The summed E-state index contributed by atoms with van der Waals surface area (Å²) in [7, 11) is 0. The van der Waals surface area contributed by atoms with Crippen molar-refractivity contribution in [1.29, 1.82) is 0 Å². The van der Waals surface area contributed by atoms with Crippen LogP contribution in [-0.4, -0.2) is 27.0 Å². The van der Waals surface area contributed by atoms with Gasteiger partial charge in [0, 0.05) is 18.4 Å². The van der Waals surface area contributed by atoms with Crippen LogP contribution in [0.4, 0.5) is 0 Å². The zero-order valence-electron chi connectivity index (χ0n) is 15.1. The lowest BCUT2D eigenvalue weighted by molar-refractivity contribution is 0.0954. The molecule has 1 atom stereocenters. The third-order valence-electron chi connectivity index (χ3n) is 5.17. The SMILES string of the molecule is CC1CCc2c(cnc3c(C(=O)NCCCc4ccccc4)cnn23)C1. The van der Waals surface area contributed by atoms with Crippen molar-refractivity contribution < 1.29 is 4.79 Å². The van der Waals surface area contributed by atoms with Crippen LogP contribution in [0, 0.1) is 5.92 Å². The molecule has 0 fully saturated rings. The summed E-state index contributed by atoms with van der Waals surface area (Å²) in [6.45, 7) is 2.91. The number of rotatable bonds is 5. The first-order valence-electron chi connectivity index (χ1n) is 9.39. The Labute approximate surface area is 153 Å². The van der Waals surface area contributed by atoms with Crippen molar-refractivity contribution in [2.75, 3.05) is 6.54 Å². The second-order valence-electron chi connectivity index (χ2n) is 7.22. The van der Waals surface area contributed by atoms with E-state index in [2.05, 4.69) is 34.5 Å². The van der Waals surface area contributed by atoms with Crippen molar-refractivity contribution in [2.45, 2.75) is 39.0 Å². The van der Waals surface area contributed by atoms with Gasteiger partial charge in [-0.2, -0.15) is 5.10 Å². The zero-order valence-corrected chi connectivity index (χ0v) is 15.1. The van der Waals surface area contributed by atoms with Crippen molar-refractivity contribution in [1.82, 2.24) is 19.9 Å². The van der Waals surface area contributed by atoms with Crippen LogP contribution in [-0.2, 0) is 19.3 Å². The average Bonchev–Trinajstić information content (AvgIpc) is 3.10. The number of fused-ring (bicyclic) bond motifs is 3. The van der Waals surface area contributed by atoms with Gasteiger partial charge in [0.15, 0.2) is 5.65 Å². The van der Waals surface area contributed by atoms with Gasteiger partial charge >= 0.3 is 0 Å². The summed E-state index contributed by atoms with van der Waals surface area (Å²) < 4.78 is 1.86. The Balaban J connectivity index is 1.42. The normalized spacial score (nSPS) is 16.4. The third kappa shape index (κ3) is 3.34. The van der Waals surface area contributed by atoms with Crippen LogP contribution in [0.25, 0.3) is 5.65 Å². The molecule has 1 aliphatic rings. The predicted octanol–water partition coefficient (Wildman–Crippen LogP) is 3.22. The number of benzene rings is 1. The highest BCUT2D eigenvalue weighted by Crippen LogP contribution is 2.25. The quantitative estimate of drug-likeness (QED) is 0.720. The number of carbonyl (C=O) groups excluding carboxylic acids is 1. The second-order valence-corrected chi connectivity index (χ2v) is 7.22.